The summed E-state index contributed by atoms with van der Waals surface area (Å²) in [5.41, 5.74) is 9.39. The van der Waals surface area contributed by atoms with Gasteiger partial charge in [0.2, 0.25) is 11.6 Å². The number of aromatic nitrogens is 5. The van der Waals surface area contributed by atoms with Crippen molar-refractivity contribution in [1.29, 1.82) is 0 Å². The van der Waals surface area contributed by atoms with Gasteiger partial charge >= 0.3 is 0 Å². The van der Waals surface area contributed by atoms with Crippen LogP contribution in [0.4, 0.5) is 11.5 Å². The van der Waals surface area contributed by atoms with Gasteiger partial charge in [-0.2, -0.15) is 9.78 Å². The van der Waals surface area contributed by atoms with Gasteiger partial charge in [0.05, 0.1) is 17.7 Å². The lowest BCUT2D eigenvalue weighted by molar-refractivity contribution is -0.384. The molecule has 0 saturated heterocycles. The predicted octanol–water partition coefficient (Wildman–Crippen LogP) is 1.97. The Morgan fingerprint density at radius 3 is 2.76 bits per heavy atom. The van der Waals surface area contributed by atoms with E-state index in [0.717, 1.165) is 0 Å². The topological polar surface area (TPSA) is 189 Å². The Morgan fingerprint density at radius 2 is 2.09 bits per heavy atom. The van der Waals surface area contributed by atoms with Gasteiger partial charge in [0.1, 0.15) is 11.4 Å². The molecule has 0 unspecified atom stereocenters. The van der Waals surface area contributed by atoms with Gasteiger partial charge in [0, 0.05) is 17.7 Å². The lowest BCUT2D eigenvalue weighted by Gasteiger charge is -2.08. The molecular weight excluding hydrogens is 446 g/mol. The zero-order valence-corrected chi connectivity index (χ0v) is 17.7. The molecule has 0 aliphatic rings. The van der Waals surface area contributed by atoms with Crippen molar-refractivity contribution in [1.82, 2.24) is 30.7 Å². The standard InChI is InChI=1S/C20H17N9O5/c1-2-33-15-5-3-4-13(10-15)17-16(23-27-28(17)19-18(21)25-34-26-19)20(30)24-22-11-12-6-8-14(9-7-12)29(31)32/h3-11H,2H2,1H3,(H2,21,25)(H,24,30)/b22-11-. The number of carbonyl (C=O) groups is 1. The number of hydrogen-bond donors (Lipinski definition) is 2. The second-order valence-corrected chi connectivity index (χ2v) is 6.68. The van der Waals surface area contributed by atoms with Crippen LogP contribution in [0.25, 0.3) is 17.1 Å². The Hall–Kier alpha value is -5.14. The van der Waals surface area contributed by atoms with Crippen molar-refractivity contribution in [3.05, 3.63) is 69.9 Å². The molecule has 2 heterocycles. The average molecular weight is 463 g/mol. The van der Waals surface area contributed by atoms with Gasteiger partial charge in [-0.25, -0.2) is 10.1 Å². The molecule has 0 aliphatic carbocycles. The zero-order chi connectivity index (χ0) is 24.1. The molecule has 4 aromatic rings. The minimum Gasteiger partial charge on any atom is -0.494 e. The summed E-state index contributed by atoms with van der Waals surface area (Å²) >= 11 is 0. The highest BCUT2D eigenvalue weighted by Crippen LogP contribution is 2.29. The van der Waals surface area contributed by atoms with Crippen LogP contribution in [0.5, 0.6) is 5.75 Å². The summed E-state index contributed by atoms with van der Waals surface area (Å²) in [4.78, 5) is 23.1. The number of anilines is 1. The van der Waals surface area contributed by atoms with E-state index in [2.05, 4.69) is 35.8 Å². The fourth-order valence-corrected chi connectivity index (χ4v) is 2.98. The summed E-state index contributed by atoms with van der Waals surface area (Å²) < 4.78 is 11.4. The molecule has 0 aliphatic heterocycles. The van der Waals surface area contributed by atoms with E-state index in [-0.39, 0.29) is 28.7 Å². The van der Waals surface area contributed by atoms with Crippen molar-refractivity contribution in [2.75, 3.05) is 12.3 Å². The summed E-state index contributed by atoms with van der Waals surface area (Å²) in [5, 5.41) is 29.9. The number of nitrogens with two attached hydrogens (primary N) is 1. The zero-order valence-electron chi connectivity index (χ0n) is 17.7. The number of rotatable bonds is 8. The van der Waals surface area contributed by atoms with Crippen LogP contribution >= 0.6 is 0 Å². The highest BCUT2D eigenvalue weighted by atomic mass is 16.6. The third kappa shape index (κ3) is 4.55. The first-order chi connectivity index (χ1) is 16.5. The van der Waals surface area contributed by atoms with Crippen molar-refractivity contribution in [2.24, 2.45) is 5.10 Å². The molecule has 0 saturated carbocycles. The van der Waals surface area contributed by atoms with Crippen molar-refractivity contribution in [3.63, 3.8) is 0 Å². The number of ether oxygens (including phenoxy) is 1. The van der Waals surface area contributed by atoms with E-state index >= 15 is 0 Å². The summed E-state index contributed by atoms with van der Waals surface area (Å²) in [7, 11) is 0. The first-order valence-corrected chi connectivity index (χ1v) is 9.83. The van der Waals surface area contributed by atoms with Gasteiger partial charge < -0.3 is 10.5 Å². The molecule has 0 atom stereocenters. The minimum absolute atomic E-state index is 0.0461. The Bertz CT molecular complexity index is 1360. The van der Waals surface area contributed by atoms with Gasteiger partial charge in [-0.15, -0.1) is 5.10 Å². The number of nitrogens with one attached hydrogen (secondary N) is 1. The number of hydrogen-bond acceptors (Lipinski definition) is 11. The summed E-state index contributed by atoms with van der Waals surface area (Å²) in [6, 6.07) is 12.6. The number of non-ortho nitro benzene ring substituents is 1. The molecule has 0 radical (unpaired) electrons. The number of carbonyl (C=O) groups excluding carboxylic acids is 1. The molecule has 14 heteroatoms. The van der Waals surface area contributed by atoms with Crippen LogP contribution in [0, 0.1) is 10.1 Å². The first-order valence-electron chi connectivity index (χ1n) is 9.83. The highest BCUT2D eigenvalue weighted by molar-refractivity contribution is 5.99. The number of nitro benzene ring substituents is 1. The maximum Gasteiger partial charge on any atom is 0.294 e. The molecule has 0 spiro atoms. The third-order valence-electron chi connectivity index (χ3n) is 4.48. The molecule has 0 fully saturated rings. The second kappa shape index (κ2) is 9.56. The molecule has 172 valence electrons. The minimum atomic E-state index is -0.670. The van der Waals surface area contributed by atoms with E-state index in [9.17, 15) is 14.9 Å². The Balaban J connectivity index is 1.65. The van der Waals surface area contributed by atoms with Gasteiger partial charge in [0.25, 0.3) is 11.6 Å². The van der Waals surface area contributed by atoms with Gasteiger partial charge in [0.15, 0.2) is 5.69 Å². The summed E-state index contributed by atoms with van der Waals surface area (Å²) in [5.74, 6) is -0.0918. The monoisotopic (exact) mass is 463 g/mol. The van der Waals surface area contributed by atoms with Crippen LogP contribution in [-0.4, -0.2) is 49.0 Å². The van der Waals surface area contributed by atoms with Gasteiger partial charge in [-0.1, -0.05) is 17.3 Å². The number of nitrogen functional groups attached to an aromatic ring is 1. The number of hydrazone groups is 1. The van der Waals surface area contributed by atoms with Crippen LogP contribution < -0.4 is 15.9 Å². The van der Waals surface area contributed by atoms with Crippen molar-refractivity contribution in [2.45, 2.75) is 6.92 Å². The fraction of sp³-hybridized carbons (Fsp3) is 0.100. The Morgan fingerprint density at radius 1 is 1.29 bits per heavy atom. The summed E-state index contributed by atoms with van der Waals surface area (Å²) in [6.45, 7) is 2.30. The maximum atomic E-state index is 12.9. The van der Waals surface area contributed by atoms with Gasteiger partial charge in [-0.05, 0) is 47.1 Å². The molecule has 34 heavy (non-hydrogen) atoms. The Labute approximate surface area is 191 Å². The molecule has 4 rings (SSSR count). The molecule has 14 nitrogen and oxygen atoms in total. The largest absolute Gasteiger partial charge is 0.494 e. The smallest absolute Gasteiger partial charge is 0.294 e. The number of amides is 1. The second-order valence-electron chi connectivity index (χ2n) is 6.68. The van der Waals surface area contributed by atoms with E-state index in [0.29, 0.717) is 23.5 Å². The van der Waals surface area contributed by atoms with E-state index < -0.39 is 10.8 Å². The Kier molecular flexibility index (Phi) is 6.20. The molecule has 2 aromatic heterocycles. The fourth-order valence-electron chi connectivity index (χ4n) is 2.98. The van der Waals surface area contributed by atoms with Crippen LogP contribution in [0.1, 0.15) is 23.0 Å². The molecule has 0 bridgehead atoms. The number of nitro groups is 1. The number of benzene rings is 2. The van der Waals surface area contributed by atoms with E-state index in [1.807, 2.05) is 6.92 Å². The van der Waals surface area contributed by atoms with Crippen LogP contribution in [0.3, 0.4) is 0 Å². The van der Waals surface area contributed by atoms with Crippen LogP contribution in [0.15, 0.2) is 58.3 Å². The summed E-state index contributed by atoms with van der Waals surface area (Å²) in [6.07, 6.45) is 1.33. The highest BCUT2D eigenvalue weighted by Gasteiger charge is 2.25. The van der Waals surface area contributed by atoms with Crippen molar-refractivity contribution >= 4 is 23.6 Å². The average Bonchev–Trinajstić information content (AvgIpc) is 3.45. The first kappa shape index (κ1) is 22.1. The molecule has 3 N–H and O–H groups in total. The molecule has 2 aromatic carbocycles. The van der Waals surface area contributed by atoms with Crippen LogP contribution in [-0.2, 0) is 0 Å². The van der Waals surface area contributed by atoms with Crippen molar-refractivity contribution < 1.29 is 19.1 Å². The van der Waals surface area contributed by atoms with E-state index in [1.165, 1.54) is 35.2 Å². The predicted molar refractivity (Wildman–Crippen MR) is 118 cm³/mol. The quantitative estimate of drug-likeness (QED) is 0.222. The van der Waals surface area contributed by atoms with Crippen molar-refractivity contribution in [3.8, 4) is 22.8 Å². The molecule has 1 amide bonds. The maximum absolute atomic E-state index is 12.9. The van der Waals surface area contributed by atoms with E-state index in [4.69, 9.17) is 10.5 Å². The SMILES string of the molecule is CCOc1cccc(-c2c(C(=O)N/N=C\c3ccc([N+](=O)[O-])cc3)nnn2-c2nonc2N)c1. The lowest BCUT2D eigenvalue weighted by atomic mass is 10.1. The van der Waals surface area contributed by atoms with Crippen LogP contribution in [0.2, 0.25) is 0 Å². The normalized spacial score (nSPS) is 11.0. The van der Waals surface area contributed by atoms with Gasteiger partial charge in [-0.3, -0.25) is 14.9 Å². The molecular formula is C20H17N9O5. The third-order valence-corrected chi connectivity index (χ3v) is 4.48. The van der Waals surface area contributed by atoms with E-state index in [1.54, 1.807) is 24.3 Å². The lowest BCUT2D eigenvalue weighted by Crippen LogP contribution is -2.19. The number of nitrogens with zero attached hydrogens (tertiary/aromatic N) is 7.